The Morgan fingerprint density at radius 1 is 0.750 bits per heavy atom. The van der Waals surface area contributed by atoms with Gasteiger partial charge in [0.2, 0.25) is 0 Å². The van der Waals surface area contributed by atoms with Crippen molar-refractivity contribution in [1.29, 1.82) is 0 Å². The van der Waals surface area contributed by atoms with Crippen molar-refractivity contribution in [3.8, 4) is 28.4 Å². The molecule has 1 aliphatic rings. The van der Waals surface area contributed by atoms with E-state index in [1.165, 1.54) is 0 Å². The first kappa shape index (κ1) is 14.8. The van der Waals surface area contributed by atoms with Crippen LogP contribution in [0, 0.1) is 31.6 Å². The van der Waals surface area contributed by atoms with Crippen molar-refractivity contribution < 1.29 is 10.2 Å². The second-order valence-corrected chi connectivity index (χ2v) is 5.44. The summed E-state index contributed by atoms with van der Waals surface area (Å²) in [5.41, 5.74) is 3.27. The monoisotopic (exact) mass is 316 g/mol. The lowest BCUT2D eigenvalue weighted by Crippen LogP contribution is -2.02. The van der Waals surface area contributed by atoms with E-state index in [9.17, 15) is 10.2 Å². The summed E-state index contributed by atoms with van der Waals surface area (Å²) in [5.74, 6) is 1.38. The van der Waals surface area contributed by atoms with Gasteiger partial charge in [0.15, 0.2) is 0 Å². The predicted molar refractivity (Wildman–Crippen MR) is 89.7 cm³/mol. The van der Waals surface area contributed by atoms with Crippen LogP contribution in [0.3, 0.4) is 0 Å². The average Bonchev–Trinajstić information content (AvgIpc) is 3.25. The number of benzene rings is 2. The highest BCUT2D eigenvalue weighted by Gasteiger charge is 2.27. The van der Waals surface area contributed by atoms with Gasteiger partial charge in [0.05, 0.1) is 17.1 Å². The van der Waals surface area contributed by atoms with E-state index >= 15 is 0 Å². The third kappa shape index (κ3) is 2.62. The Hall–Kier alpha value is -2.82. The van der Waals surface area contributed by atoms with E-state index in [2.05, 4.69) is 10.3 Å². The number of hydrogen-bond donors (Lipinski definition) is 2. The van der Waals surface area contributed by atoms with Crippen molar-refractivity contribution in [2.45, 2.75) is 0 Å². The van der Waals surface area contributed by atoms with E-state index in [1.54, 1.807) is 41.1 Å². The Morgan fingerprint density at radius 3 is 1.96 bits per heavy atom. The molecule has 5 heteroatoms. The smallest absolute Gasteiger partial charge is 0.115 e. The average molecular weight is 316 g/mol. The Morgan fingerprint density at radius 2 is 1.33 bits per heavy atom. The van der Waals surface area contributed by atoms with Crippen LogP contribution in [-0.4, -0.2) is 25.2 Å². The molecule has 4 rings (SSSR count). The zero-order valence-corrected chi connectivity index (χ0v) is 12.7. The molecule has 24 heavy (non-hydrogen) atoms. The van der Waals surface area contributed by atoms with Crippen molar-refractivity contribution in [2.75, 3.05) is 0 Å². The molecule has 1 aromatic heterocycles. The summed E-state index contributed by atoms with van der Waals surface area (Å²) in [5, 5.41) is 27.7. The number of aromatic hydroxyl groups is 2. The summed E-state index contributed by atoms with van der Waals surface area (Å²) in [4.78, 5) is 0. The standard InChI is InChI=1S/C19H14N3O2/c23-16-9-5-14(6-10-16)19-18(13-3-1-2-4-13)20-21-22(19)15-7-11-17(24)12-8-15/h1-12,23-24H. The molecular formula is C19H14N3O2. The first-order chi connectivity index (χ1) is 11.7. The van der Waals surface area contributed by atoms with Gasteiger partial charge < -0.3 is 10.2 Å². The van der Waals surface area contributed by atoms with Crippen molar-refractivity contribution in [3.63, 3.8) is 0 Å². The van der Waals surface area contributed by atoms with Gasteiger partial charge in [0, 0.05) is 11.5 Å². The molecule has 3 aromatic rings. The molecule has 117 valence electrons. The summed E-state index contributed by atoms with van der Waals surface area (Å²) in [7, 11) is 0. The van der Waals surface area contributed by atoms with Gasteiger partial charge >= 0.3 is 0 Å². The van der Waals surface area contributed by atoms with Crippen molar-refractivity contribution >= 4 is 0 Å². The van der Waals surface area contributed by atoms with E-state index in [0.29, 0.717) is 0 Å². The maximum atomic E-state index is 9.56. The number of hydrogen-bond acceptors (Lipinski definition) is 4. The van der Waals surface area contributed by atoms with Crippen LogP contribution in [0.25, 0.3) is 16.9 Å². The highest BCUT2D eigenvalue weighted by atomic mass is 16.3. The number of nitrogens with zero attached hydrogens (tertiary/aromatic N) is 3. The van der Waals surface area contributed by atoms with E-state index in [1.807, 2.05) is 37.8 Å². The molecule has 1 heterocycles. The third-order valence-electron chi connectivity index (χ3n) is 3.84. The molecule has 0 saturated heterocycles. The minimum absolute atomic E-state index is 0.196. The first-order valence-corrected chi connectivity index (χ1v) is 7.49. The largest absolute Gasteiger partial charge is 0.508 e. The summed E-state index contributed by atoms with van der Waals surface area (Å²) in [6.45, 7) is 0. The molecule has 1 saturated carbocycles. The molecule has 2 aromatic carbocycles. The van der Waals surface area contributed by atoms with Gasteiger partial charge in [-0.2, -0.15) is 0 Å². The second kappa shape index (κ2) is 6.00. The highest BCUT2D eigenvalue weighted by Crippen LogP contribution is 2.36. The maximum Gasteiger partial charge on any atom is 0.115 e. The maximum absolute atomic E-state index is 9.56. The first-order valence-electron chi connectivity index (χ1n) is 7.49. The van der Waals surface area contributed by atoms with Crippen molar-refractivity contribution in [2.24, 2.45) is 0 Å². The SMILES string of the molecule is Oc1ccc(-c2c([C]3[CH][CH][CH][CH]3)nnn2-c2ccc(O)cc2)cc1. The molecule has 5 nitrogen and oxygen atoms in total. The molecular weight excluding hydrogens is 302 g/mol. The number of rotatable bonds is 3. The van der Waals surface area contributed by atoms with E-state index in [0.717, 1.165) is 28.6 Å². The zero-order valence-electron chi connectivity index (χ0n) is 12.7. The predicted octanol–water partition coefficient (Wildman–Crippen LogP) is 3.10. The summed E-state index contributed by atoms with van der Waals surface area (Å²) in [6, 6.07) is 13.7. The molecule has 0 unspecified atom stereocenters. The van der Waals surface area contributed by atoms with Gasteiger partial charge in [0.1, 0.15) is 11.5 Å². The van der Waals surface area contributed by atoms with Gasteiger partial charge in [-0.3, -0.25) is 0 Å². The van der Waals surface area contributed by atoms with Crippen LogP contribution in [0.4, 0.5) is 0 Å². The minimum atomic E-state index is 0.196. The summed E-state index contributed by atoms with van der Waals surface area (Å²) < 4.78 is 1.73. The number of aromatic nitrogens is 3. The van der Waals surface area contributed by atoms with E-state index in [-0.39, 0.29) is 11.5 Å². The number of phenols is 2. The van der Waals surface area contributed by atoms with E-state index in [4.69, 9.17) is 0 Å². The summed E-state index contributed by atoms with van der Waals surface area (Å²) in [6.07, 6.45) is 7.87. The summed E-state index contributed by atoms with van der Waals surface area (Å²) >= 11 is 0. The topological polar surface area (TPSA) is 71.2 Å². The molecule has 0 bridgehead atoms. The van der Waals surface area contributed by atoms with Gasteiger partial charge in [-0.05, 0) is 74.2 Å². The van der Waals surface area contributed by atoms with Gasteiger partial charge in [0.25, 0.3) is 0 Å². The fourth-order valence-electron chi connectivity index (χ4n) is 2.66. The molecule has 2 N–H and O–H groups in total. The quantitative estimate of drug-likeness (QED) is 0.779. The van der Waals surface area contributed by atoms with Gasteiger partial charge in [-0.1, -0.05) is 5.21 Å². The van der Waals surface area contributed by atoms with Gasteiger partial charge in [-0.25, -0.2) is 4.68 Å². The zero-order chi connectivity index (χ0) is 16.5. The van der Waals surface area contributed by atoms with Crippen LogP contribution in [-0.2, 0) is 0 Å². The Balaban J connectivity index is 1.87. The normalized spacial score (nSPS) is 15.0. The van der Waals surface area contributed by atoms with Crippen LogP contribution >= 0.6 is 0 Å². The van der Waals surface area contributed by atoms with Crippen LogP contribution in [0.1, 0.15) is 5.69 Å². The Kier molecular flexibility index (Phi) is 3.69. The van der Waals surface area contributed by atoms with Crippen LogP contribution in [0.5, 0.6) is 11.5 Å². The third-order valence-corrected chi connectivity index (χ3v) is 3.84. The molecule has 0 amide bonds. The molecule has 1 fully saturated rings. The fourth-order valence-corrected chi connectivity index (χ4v) is 2.66. The van der Waals surface area contributed by atoms with Crippen molar-refractivity contribution in [3.05, 3.63) is 85.8 Å². The molecule has 0 atom stereocenters. The molecule has 1 aliphatic carbocycles. The Bertz CT molecular complexity index is 832. The molecule has 0 spiro atoms. The lowest BCUT2D eigenvalue weighted by molar-refractivity contribution is 0.474. The number of phenolic OH excluding ortho intramolecular Hbond substituents is 2. The molecule has 5 radical (unpaired) electrons. The van der Waals surface area contributed by atoms with Crippen molar-refractivity contribution in [1.82, 2.24) is 15.0 Å². The Labute approximate surface area is 140 Å². The van der Waals surface area contributed by atoms with Crippen LogP contribution < -0.4 is 0 Å². The second-order valence-electron chi connectivity index (χ2n) is 5.44. The fraction of sp³-hybridized carbons (Fsp3) is 0. The lowest BCUT2D eigenvalue weighted by atomic mass is 9.98. The lowest BCUT2D eigenvalue weighted by Gasteiger charge is -2.11. The van der Waals surface area contributed by atoms with Crippen LogP contribution in [0.15, 0.2) is 48.5 Å². The highest BCUT2D eigenvalue weighted by molar-refractivity contribution is 5.70. The van der Waals surface area contributed by atoms with Crippen LogP contribution in [0.2, 0.25) is 0 Å². The molecule has 0 aliphatic heterocycles. The minimum Gasteiger partial charge on any atom is -0.508 e. The van der Waals surface area contributed by atoms with Gasteiger partial charge in [-0.15, -0.1) is 5.10 Å². The van der Waals surface area contributed by atoms with E-state index < -0.39 is 0 Å².